The van der Waals surface area contributed by atoms with Crippen molar-refractivity contribution in [3.63, 3.8) is 0 Å². The quantitative estimate of drug-likeness (QED) is 0.809. The van der Waals surface area contributed by atoms with Gasteiger partial charge in [-0.25, -0.2) is 0 Å². The van der Waals surface area contributed by atoms with Gasteiger partial charge in [-0.15, -0.1) is 11.3 Å². The Labute approximate surface area is 133 Å². The Hall–Kier alpha value is -0.640. The number of rotatable bonds is 5. The first-order valence-corrected chi connectivity index (χ1v) is 8.86. The van der Waals surface area contributed by atoms with Crippen LogP contribution in [0.15, 0.2) is 40.2 Å². The molecule has 1 N–H and O–H groups in total. The molecule has 20 heavy (non-hydrogen) atoms. The van der Waals surface area contributed by atoms with Crippen molar-refractivity contribution >= 4 is 27.3 Å². The van der Waals surface area contributed by atoms with E-state index in [-0.39, 0.29) is 0 Å². The van der Waals surface area contributed by atoms with E-state index < -0.39 is 0 Å². The average Bonchev–Trinajstić information content (AvgIpc) is 2.79. The lowest BCUT2D eigenvalue weighted by Crippen LogP contribution is -2.41. The van der Waals surface area contributed by atoms with E-state index in [0.29, 0.717) is 6.04 Å². The third-order valence-electron chi connectivity index (χ3n) is 4.20. The van der Waals surface area contributed by atoms with E-state index >= 15 is 0 Å². The minimum Gasteiger partial charge on any atom is -0.314 e. The highest BCUT2D eigenvalue weighted by atomic mass is 79.9. The highest BCUT2D eigenvalue weighted by Crippen LogP contribution is 2.38. The van der Waals surface area contributed by atoms with Gasteiger partial charge in [0.1, 0.15) is 0 Å². The van der Waals surface area contributed by atoms with Gasteiger partial charge in [0.05, 0.1) is 3.79 Å². The van der Waals surface area contributed by atoms with Crippen molar-refractivity contribution in [1.29, 1.82) is 0 Å². The van der Waals surface area contributed by atoms with Crippen LogP contribution in [0.1, 0.15) is 34.8 Å². The summed E-state index contributed by atoms with van der Waals surface area (Å²) in [6.07, 6.45) is 3.72. The van der Waals surface area contributed by atoms with Gasteiger partial charge < -0.3 is 5.32 Å². The molecule has 106 valence electrons. The van der Waals surface area contributed by atoms with Crippen molar-refractivity contribution in [2.75, 3.05) is 6.54 Å². The maximum absolute atomic E-state index is 3.69. The fraction of sp³-hybridized carbons (Fsp3) is 0.412. The first-order valence-electron chi connectivity index (χ1n) is 7.25. The summed E-state index contributed by atoms with van der Waals surface area (Å²) < 4.78 is 1.23. The molecule has 3 heteroatoms. The molecule has 1 aromatic heterocycles. The van der Waals surface area contributed by atoms with Crippen LogP contribution >= 0.6 is 27.3 Å². The third kappa shape index (κ3) is 3.33. The molecule has 1 saturated carbocycles. The van der Waals surface area contributed by atoms with Crippen molar-refractivity contribution in [2.45, 2.75) is 38.1 Å². The van der Waals surface area contributed by atoms with Crippen molar-refractivity contribution in [2.24, 2.45) is 0 Å². The molecule has 1 aliphatic carbocycles. The van der Waals surface area contributed by atoms with Crippen LogP contribution in [0.25, 0.3) is 0 Å². The Morgan fingerprint density at radius 3 is 2.70 bits per heavy atom. The molecule has 1 heterocycles. The lowest BCUT2D eigenvalue weighted by atomic mass is 9.74. The normalized spacial score (nSPS) is 21.7. The van der Waals surface area contributed by atoms with Gasteiger partial charge in [-0.2, -0.15) is 0 Å². The zero-order valence-corrected chi connectivity index (χ0v) is 14.1. The minimum atomic E-state index is 0.711. The Morgan fingerprint density at radius 2 is 2.00 bits per heavy atom. The van der Waals surface area contributed by atoms with E-state index in [4.69, 9.17) is 0 Å². The molecule has 1 fully saturated rings. The van der Waals surface area contributed by atoms with Crippen LogP contribution in [0.2, 0.25) is 0 Å². The summed E-state index contributed by atoms with van der Waals surface area (Å²) in [5.41, 5.74) is 2.99. The van der Waals surface area contributed by atoms with E-state index in [0.717, 1.165) is 18.9 Å². The Balaban J connectivity index is 1.41. The molecule has 0 saturated heterocycles. The number of benzene rings is 1. The van der Waals surface area contributed by atoms with Crippen LogP contribution in [0.5, 0.6) is 0 Å². The van der Waals surface area contributed by atoms with Gasteiger partial charge in [-0.1, -0.05) is 24.3 Å². The molecule has 1 nitrogen and oxygen atoms in total. The smallest absolute Gasteiger partial charge is 0.0701 e. The monoisotopic (exact) mass is 349 g/mol. The number of aryl methyl sites for hydroxylation is 1. The number of nitrogens with one attached hydrogen (secondary N) is 1. The predicted molar refractivity (Wildman–Crippen MR) is 90.7 cm³/mol. The van der Waals surface area contributed by atoms with Gasteiger partial charge in [0, 0.05) is 17.5 Å². The summed E-state index contributed by atoms with van der Waals surface area (Å²) in [6, 6.07) is 13.9. The van der Waals surface area contributed by atoms with E-state index in [1.807, 2.05) is 11.3 Å². The Kier molecular flexibility index (Phi) is 4.59. The maximum atomic E-state index is 3.69. The highest BCUT2D eigenvalue weighted by Gasteiger charge is 2.30. The molecule has 0 atom stereocenters. The second-order valence-electron chi connectivity index (χ2n) is 5.63. The first-order chi connectivity index (χ1) is 9.72. The lowest BCUT2D eigenvalue weighted by molar-refractivity contribution is 0.292. The predicted octanol–water partition coefficient (Wildman–Crippen LogP) is 4.90. The maximum Gasteiger partial charge on any atom is 0.0701 e. The fourth-order valence-corrected chi connectivity index (χ4v) is 4.45. The van der Waals surface area contributed by atoms with Gasteiger partial charge in [0.15, 0.2) is 0 Å². The Morgan fingerprint density at radius 1 is 1.20 bits per heavy atom. The Bertz CT molecular complexity index is 572. The number of halogens is 1. The first kappa shape index (κ1) is 14.3. The largest absolute Gasteiger partial charge is 0.314 e. The topological polar surface area (TPSA) is 12.0 Å². The highest BCUT2D eigenvalue weighted by molar-refractivity contribution is 9.11. The van der Waals surface area contributed by atoms with Gasteiger partial charge in [0.2, 0.25) is 0 Å². The van der Waals surface area contributed by atoms with Crippen LogP contribution in [-0.2, 0) is 6.42 Å². The van der Waals surface area contributed by atoms with E-state index in [1.54, 1.807) is 5.56 Å². The second kappa shape index (κ2) is 6.42. The third-order valence-corrected chi connectivity index (χ3v) is 5.88. The van der Waals surface area contributed by atoms with Crippen molar-refractivity contribution in [1.82, 2.24) is 5.32 Å². The molecule has 0 amide bonds. The summed E-state index contributed by atoms with van der Waals surface area (Å²) in [5, 5.41) is 3.69. The standard InChI is InChI=1S/C17H20BrNS/c1-12-4-2-3-5-16(12)13-10-14(11-13)19-9-8-15-6-7-17(18)20-15/h2-7,13-14,19H,8-11H2,1H3. The molecule has 2 aromatic rings. The molecule has 0 spiro atoms. The fourth-order valence-electron chi connectivity index (χ4n) is 2.97. The summed E-state index contributed by atoms with van der Waals surface area (Å²) in [7, 11) is 0. The van der Waals surface area contributed by atoms with Crippen molar-refractivity contribution in [3.8, 4) is 0 Å². The number of hydrogen-bond donors (Lipinski definition) is 1. The molecular formula is C17H20BrNS. The molecule has 0 bridgehead atoms. The molecule has 0 unspecified atom stereocenters. The van der Waals surface area contributed by atoms with Crippen LogP contribution in [0, 0.1) is 6.92 Å². The molecule has 1 aromatic carbocycles. The molecule has 0 radical (unpaired) electrons. The van der Waals surface area contributed by atoms with Crippen molar-refractivity contribution in [3.05, 3.63) is 56.2 Å². The van der Waals surface area contributed by atoms with Crippen LogP contribution in [0.4, 0.5) is 0 Å². The molecule has 1 aliphatic rings. The van der Waals surface area contributed by atoms with Crippen LogP contribution in [-0.4, -0.2) is 12.6 Å². The molecule has 0 aliphatic heterocycles. The van der Waals surface area contributed by atoms with Gasteiger partial charge in [0.25, 0.3) is 0 Å². The van der Waals surface area contributed by atoms with E-state index in [9.17, 15) is 0 Å². The zero-order chi connectivity index (χ0) is 13.9. The van der Waals surface area contributed by atoms with Crippen molar-refractivity contribution < 1.29 is 0 Å². The van der Waals surface area contributed by atoms with Gasteiger partial charge in [-0.05, 0) is 71.3 Å². The van der Waals surface area contributed by atoms with E-state index in [2.05, 4.69) is 64.6 Å². The minimum absolute atomic E-state index is 0.711. The van der Waals surface area contributed by atoms with Crippen LogP contribution < -0.4 is 5.32 Å². The SMILES string of the molecule is Cc1ccccc1C1CC(NCCc2ccc(Br)s2)C1. The lowest BCUT2D eigenvalue weighted by Gasteiger charge is -2.37. The zero-order valence-electron chi connectivity index (χ0n) is 11.7. The summed E-state index contributed by atoms with van der Waals surface area (Å²) >= 11 is 5.36. The summed E-state index contributed by atoms with van der Waals surface area (Å²) in [4.78, 5) is 1.46. The summed E-state index contributed by atoms with van der Waals surface area (Å²) in [6.45, 7) is 3.32. The molecule has 3 rings (SSSR count). The number of hydrogen-bond acceptors (Lipinski definition) is 2. The number of thiophene rings is 1. The average molecular weight is 350 g/mol. The van der Waals surface area contributed by atoms with Gasteiger partial charge in [-0.3, -0.25) is 0 Å². The second-order valence-corrected chi connectivity index (χ2v) is 8.18. The summed E-state index contributed by atoms with van der Waals surface area (Å²) in [5.74, 6) is 0.768. The molecular weight excluding hydrogens is 330 g/mol. The van der Waals surface area contributed by atoms with E-state index in [1.165, 1.54) is 27.1 Å². The van der Waals surface area contributed by atoms with Gasteiger partial charge >= 0.3 is 0 Å². The van der Waals surface area contributed by atoms with Crippen LogP contribution in [0.3, 0.4) is 0 Å².